The molecule has 9 heavy (non-hydrogen) atoms. The van der Waals surface area contributed by atoms with Crippen molar-refractivity contribution >= 4 is 11.9 Å². The molecule has 0 aliphatic rings. The van der Waals surface area contributed by atoms with Crippen LogP contribution in [-0.4, -0.2) is 6.10 Å². The van der Waals surface area contributed by atoms with E-state index in [1.165, 1.54) is 0 Å². The molecule has 1 atom stereocenters. The molecule has 0 saturated heterocycles. The van der Waals surface area contributed by atoms with Crippen molar-refractivity contribution in [3.8, 4) is 0 Å². The van der Waals surface area contributed by atoms with Crippen LogP contribution in [0.25, 0.3) is 0 Å². The maximum absolute atomic E-state index is 5.25. The lowest BCUT2D eigenvalue weighted by atomic mass is 9.88. The molecular weight excluding hydrogens is 136 g/mol. The van der Waals surface area contributed by atoms with Crippen LogP contribution >= 0.6 is 11.9 Å². The molecule has 1 unspecified atom stereocenters. The lowest BCUT2D eigenvalue weighted by Gasteiger charge is -2.26. The summed E-state index contributed by atoms with van der Waals surface area (Å²) in [5, 5.41) is 0. The Kier molecular flexibility index (Phi) is 3.52. The van der Waals surface area contributed by atoms with E-state index in [0.717, 1.165) is 6.42 Å². The number of halogens is 1. The van der Waals surface area contributed by atoms with Gasteiger partial charge in [0.1, 0.15) is 0 Å². The zero-order valence-corrected chi connectivity index (χ0v) is 7.33. The van der Waals surface area contributed by atoms with E-state index in [9.17, 15) is 0 Å². The summed E-state index contributed by atoms with van der Waals surface area (Å²) in [5.74, 6) is 0. The molecule has 0 heterocycles. The van der Waals surface area contributed by atoms with E-state index in [-0.39, 0.29) is 11.5 Å². The largest absolute Gasteiger partial charge is 0.275 e. The van der Waals surface area contributed by atoms with Gasteiger partial charge >= 0.3 is 0 Å². The van der Waals surface area contributed by atoms with Gasteiger partial charge in [0.2, 0.25) is 0 Å². The average Bonchev–Trinajstić information content (AvgIpc) is 1.65. The Balaban J connectivity index is 3.79. The van der Waals surface area contributed by atoms with Gasteiger partial charge in [0.05, 0.1) is 18.0 Å². The van der Waals surface area contributed by atoms with Crippen LogP contribution in [0.4, 0.5) is 0 Å². The molecule has 0 aliphatic carbocycles. The summed E-state index contributed by atoms with van der Waals surface area (Å²) in [7, 11) is 0. The lowest BCUT2D eigenvalue weighted by Crippen LogP contribution is -2.25. The maximum Gasteiger partial charge on any atom is 0.0836 e. The topological polar surface area (TPSA) is 9.23 Å². The van der Waals surface area contributed by atoms with Crippen molar-refractivity contribution in [1.29, 1.82) is 0 Å². The highest BCUT2D eigenvalue weighted by molar-refractivity contribution is 6.07. The number of hydrogen-bond donors (Lipinski definition) is 0. The van der Waals surface area contributed by atoms with Gasteiger partial charge in [0.25, 0.3) is 0 Å². The van der Waals surface area contributed by atoms with Crippen LogP contribution in [0, 0.1) is 5.41 Å². The minimum Gasteiger partial charge on any atom is -0.275 e. The molecule has 56 valence electrons. The van der Waals surface area contributed by atoms with Crippen LogP contribution in [0.15, 0.2) is 0 Å². The normalized spacial score (nSPS) is 15.7. The zero-order chi connectivity index (χ0) is 7.49. The van der Waals surface area contributed by atoms with Gasteiger partial charge in [-0.2, -0.15) is 0 Å². The molecular formula is C7H15ClO. The van der Waals surface area contributed by atoms with Crippen molar-refractivity contribution in [2.75, 3.05) is 0 Å². The molecule has 0 spiro atoms. The fraction of sp³-hybridized carbons (Fsp3) is 1.00. The predicted octanol–water partition coefficient (Wildman–Crippen LogP) is 2.98. The van der Waals surface area contributed by atoms with Gasteiger partial charge in [0, 0.05) is 0 Å². The molecule has 0 rings (SSSR count). The van der Waals surface area contributed by atoms with Crippen LogP contribution in [0.5, 0.6) is 0 Å². The number of rotatable bonds is 2. The van der Waals surface area contributed by atoms with Crippen molar-refractivity contribution in [1.82, 2.24) is 0 Å². The fourth-order valence-corrected chi connectivity index (χ4v) is 1.20. The second kappa shape index (κ2) is 3.43. The second-order valence-corrected chi connectivity index (χ2v) is 3.53. The summed E-state index contributed by atoms with van der Waals surface area (Å²) in [5.41, 5.74) is 0.163. The molecule has 0 fully saturated rings. The summed E-state index contributed by atoms with van der Waals surface area (Å²) in [6, 6.07) is 0. The Labute approximate surface area is 62.5 Å². The Morgan fingerprint density at radius 3 is 1.89 bits per heavy atom. The van der Waals surface area contributed by atoms with Crippen LogP contribution in [0.1, 0.15) is 34.1 Å². The fourth-order valence-electron chi connectivity index (χ4n) is 0.809. The molecule has 0 amide bonds. The van der Waals surface area contributed by atoms with Crippen LogP contribution in [-0.2, 0) is 4.29 Å². The Hall–Kier alpha value is 0.250. The highest BCUT2D eigenvalue weighted by Crippen LogP contribution is 2.25. The van der Waals surface area contributed by atoms with Crippen LogP contribution < -0.4 is 0 Å². The first-order chi connectivity index (χ1) is 4.02. The quantitative estimate of drug-likeness (QED) is 0.588. The SMILES string of the molecule is CCC(OCl)C(C)(C)C. The number of hydrogen-bond acceptors (Lipinski definition) is 1. The molecule has 0 aliphatic heterocycles. The zero-order valence-electron chi connectivity index (χ0n) is 6.57. The summed E-state index contributed by atoms with van der Waals surface area (Å²) in [4.78, 5) is 0. The molecule has 2 heteroatoms. The molecule has 0 N–H and O–H groups in total. The highest BCUT2D eigenvalue weighted by Gasteiger charge is 2.23. The lowest BCUT2D eigenvalue weighted by molar-refractivity contribution is 0.0944. The van der Waals surface area contributed by atoms with E-state index in [1.807, 2.05) is 0 Å². The maximum atomic E-state index is 5.25. The van der Waals surface area contributed by atoms with Crippen LogP contribution in [0.2, 0.25) is 0 Å². The van der Waals surface area contributed by atoms with Gasteiger partial charge in [-0.05, 0) is 11.8 Å². The molecule has 1 nitrogen and oxygen atoms in total. The highest BCUT2D eigenvalue weighted by atomic mass is 35.5. The van der Waals surface area contributed by atoms with Gasteiger partial charge in [-0.3, -0.25) is 4.29 Å². The third kappa shape index (κ3) is 3.07. The first kappa shape index (κ1) is 9.25. The Morgan fingerprint density at radius 1 is 1.44 bits per heavy atom. The van der Waals surface area contributed by atoms with Gasteiger partial charge in [0.15, 0.2) is 0 Å². The molecule has 0 bridgehead atoms. The third-order valence-corrected chi connectivity index (χ3v) is 1.66. The van der Waals surface area contributed by atoms with Crippen molar-refractivity contribution in [2.24, 2.45) is 5.41 Å². The molecule has 0 saturated carbocycles. The minimum atomic E-state index is 0.163. The standard InChI is InChI=1S/C7H15ClO/c1-5-6(9-8)7(2,3)4/h6H,5H2,1-4H3. The summed E-state index contributed by atoms with van der Waals surface area (Å²) in [6.07, 6.45) is 1.13. The van der Waals surface area contributed by atoms with E-state index >= 15 is 0 Å². The minimum absolute atomic E-state index is 0.163. The molecule has 0 aromatic carbocycles. The summed E-state index contributed by atoms with van der Waals surface area (Å²) < 4.78 is 4.74. The van der Waals surface area contributed by atoms with Crippen LogP contribution in [0.3, 0.4) is 0 Å². The van der Waals surface area contributed by atoms with Crippen molar-refractivity contribution in [2.45, 2.75) is 40.2 Å². The average molecular weight is 151 g/mol. The van der Waals surface area contributed by atoms with E-state index in [2.05, 4.69) is 27.7 Å². The first-order valence-corrected chi connectivity index (χ1v) is 3.60. The van der Waals surface area contributed by atoms with Crippen molar-refractivity contribution in [3.63, 3.8) is 0 Å². The second-order valence-electron chi connectivity index (χ2n) is 3.35. The molecule has 0 aromatic rings. The van der Waals surface area contributed by atoms with Crippen molar-refractivity contribution in [3.05, 3.63) is 0 Å². The first-order valence-electron chi connectivity index (χ1n) is 3.29. The van der Waals surface area contributed by atoms with Gasteiger partial charge in [-0.15, -0.1) is 0 Å². The third-order valence-electron chi connectivity index (χ3n) is 1.44. The monoisotopic (exact) mass is 150 g/mol. The van der Waals surface area contributed by atoms with E-state index in [1.54, 1.807) is 0 Å². The Bertz CT molecular complexity index is 71.5. The predicted molar refractivity (Wildman–Crippen MR) is 40.5 cm³/mol. The van der Waals surface area contributed by atoms with E-state index < -0.39 is 0 Å². The van der Waals surface area contributed by atoms with Gasteiger partial charge in [-0.1, -0.05) is 27.7 Å². The van der Waals surface area contributed by atoms with Gasteiger partial charge in [-0.25, -0.2) is 0 Å². The smallest absolute Gasteiger partial charge is 0.0836 e. The Morgan fingerprint density at radius 2 is 1.89 bits per heavy atom. The van der Waals surface area contributed by atoms with E-state index in [0.29, 0.717) is 0 Å². The van der Waals surface area contributed by atoms with E-state index in [4.69, 9.17) is 16.2 Å². The molecule has 0 radical (unpaired) electrons. The summed E-state index contributed by atoms with van der Waals surface area (Å²) >= 11 is 5.25. The summed E-state index contributed by atoms with van der Waals surface area (Å²) in [6.45, 7) is 8.41. The van der Waals surface area contributed by atoms with Gasteiger partial charge < -0.3 is 0 Å². The van der Waals surface area contributed by atoms with Crippen molar-refractivity contribution < 1.29 is 4.29 Å². The molecule has 0 aromatic heterocycles.